The van der Waals surface area contributed by atoms with Gasteiger partial charge in [-0.05, 0) is 37.3 Å². The monoisotopic (exact) mass is 237 g/mol. The first-order chi connectivity index (χ1) is 7.70. The number of nitrogens with zero attached hydrogens (tertiary/aromatic N) is 2. The number of aromatic nitrogens is 2. The molecule has 0 saturated carbocycles. The van der Waals surface area contributed by atoms with Crippen LogP contribution in [0.5, 0.6) is 0 Å². The summed E-state index contributed by atoms with van der Waals surface area (Å²) >= 11 is 1.49. The molecular formula is C12H19N3S. The first kappa shape index (κ1) is 13.1. The molecule has 0 aromatic carbocycles. The molecule has 1 heterocycles. The highest BCUT2D eigenvalue weighted by Gasteiger charge is 2.19. The molecule has 1 aromatic rings. The van der Waals surface area contributed by atoms with E-state index in [1.807, 2.05) is 7.05 Å². The molecule has 0 spiro atoms. The van der Waals surface area contributed by atoms with Crippen molar-refractivity contribution in [2.45, 2.75) is 45.1 Å². The van der Waals surface area contributed by atoms with Crippen LogP contribution in [0.2, 0.25) is 0 Å². The Balaban J connectivity index is 2.71. The average molecular weight is 237 g/mol. The van der Waals surface area contributed by atoms with E-state index in [4.69, 9.17) is 6.42 Å². The molecule has 16 heavy (non-hydrogen) atoms. The van der Waals surface area contributed by atoms with Crippen molar-refractivity contribution in [2.75, 3.05) is 7.05 Å². The van der Waals surface area contributed by atoms with Crippen molar-refractivity contribution in [3.05, 3.63) is 10.6 Å². The Kier molecular flexibility index (Phi) is 5.44. The molecule has 0 amide bonds. The highest BCUT2D eigenvalue weighted by atomic mass is 32.1. The largest absolute Gasteiger partial charge is 0.312 e. The van der Waals surface area contributed by atoms with Crippen molar-refractivity contribution in [1.29, 1.82) is 0 Å². The maximum atomic E-state index is 5.26. The first-order valence-electron chi connectivity index (χ1n) is 5.63. The quantitative estimate of drug-likeness (QED) is 0.610. The van der Waals surface area contributed by atoms with Crippen LogP contribution in [0.1, 0.15) is 55.6 Å². The molecule has 0 bridgehead atoms. The van der Waals surface area contributed by atoms with Gasteiger partial charge >= 0.3 is 0 Å². The zero-order valence-corrected chi connectivity index (χ0v) is 11.0. The summed E-state index contributed by atoms with van der Waals surface area (Å²) < 4.78 is 4.05. The van der Waals surface area contributed by atoms with Crippen LogP contribution in [0.4, 0.5) is 0 Å². The number of rotatable bonds is 6. The van der Waals surface area contributed by atoms with Crippen molar-refractivity contribution < 1.29 is 0 Å². The van der Waals surface area contributed by atoms with Crippen molar-refractivity contribution in [3.8, 4) is 12.3 Å². The molecule has 1 N–H and O–H groups in total. The summed E-state index contributed by atoms with van der Waals surface area (Å²) in [5.41, 5.74) is 1.12. The second-order valence-corrected chi connectivity index (χ2v) is 4.90. The fourth-order valence-corrected chi connectivity index (χ4v) is 2.61. The Morgan fingerprint density at radius 3 is 2.81 bits per heavy atom. The fourth-order valence-electron chi connectivity index (χ4n) is 1.66. The molecule has 1 unspecified atom stereocenters. The standard InChI is InChI=1S/C12H19N3S/c1-5-6-7-8-10(13-4)12-11(9(2)3)14-15-16-12/h1,9-10,13H,6-8H2,2-4H3. The predicted molar refractivity (Wildman–Crippen MR) is 68.5 cm³/mol. The normalized spacial score (nSPS) is 12.7. The SMILES string of the molecule is C#CCCCC(NC)c1snnc1C(C)C. The van der Waals surface area contributed by atoms with Gasteiger partial charge in [0, 0.05) is 12.5 Å². The van der Waals surface area contributed by atoms with Crippen molar-refractivity contribution >= 4 is 11.5 Å². The number of hydrogen-bond donors (Lipinski definition) is 1. The van der Waals surface area contributed by atoms with E-state index >= 15 is 0 Å². The van der Waals surface area contributed by atoms with Gasteiger partial charge in [-0.3, -0.25) is 0 Å². The van der Waals surface area contributed by atoms with E-state index in [1.54, 1.807) is 0 Å². The molecule has 1 aromatic heterocycles. The Hall–Kier alpha value is -0.920. The van der Waals surface area contributed by atoms with Crippen LogP contribution in [0.25, 0.3) is 0 Å². The predicted octanol–water partition coefficient (Wildman–Crippen LogP) is 2.73. The van der Waals surface area contributed by atoms with Crippen LogP contribution >= 0.6 is 11.5 Å². The van der Waals surface area contributed by atoms with E-state index < -0.39 is 0 Å². The third-order valence-corrected chi connectivity index (χ3v) is 3.42. The van der Waals surface area contributed by atoms with E-state index in [1.165, 1.54) is 16.4 Å². The molecule has 3 nitrogen and oxygen atoms in total. The Labute approximate surface area is 102 Å². The molecule has 4 heteroatoms. The lowest BCUT2D eigenvalue weighted by atomic mass is 10.0. The van der Waals surface area contributed by atoms with Crippen LogP contribution in [-0.4, -0.2) is 16.6 Å². The summed E-state index contributed by atoms with van der Waals surface area (Å²) in [4.78, 5) is 1.26. The van der Waals surface area contributed by atoms with E-state index in [2.05, 4.69) is 34.7 Å². The van der Waals surface area contributed by atoms with E-state index in [0.717, 1.165) is 25.0 Å². The van der Waals surface area contributed by atoms with Gasteiger partial charge in [0.25, 0.3) is 0 Å². The highest BCUT2D eigenvalue weighted by molar-refractivity contribution is 7.05. The molecule has 0 saturated heterocycles. The van der Waals surface area contributed by atoms with Crippen LogP contribution in [0.15, 0.2) is 0 Å². The van der Waals surface area contributed by atoms with Gasteiger partial charge < -0.3 is 5.32 Å². The van der Waals surface area contributed by atoms with Gasteiger partial charge in [0.15, 0.2) is 0 Å². The summed E-state index contributed by atoms with van der Waals surface area (Å²) in [6, 6.07) is 0.339. The van der Waals surface area contributed by atoms with E-state index in [9.17, 15) is 0 Å². The van der Waals surface area contributed by atoms with Crippen molar-refractivity contribution in [3.63, 3.8) is 0 Å². The highest BCUT2D eigenvalue weighted by Crippen LogP contribution is 2.28. The van der Waals surface area contributed by atoms with Gasteiger partial charge in [-0.15, -0.1) is 17.4 Å². The van der Waals surface area contributed by atoms with Gasteiger partial charge in [0.1, 0.15) is 0 Å². The van der Waals surface area contributed by atoms with Crippen molar-refractivity contribution in [2.24, 2.45) is 0 Å². The number of hydrogen-bond acceptors (Lipinski definition) is 4. The Morgan fingerprint density at radius 1 is 1.50 bits per heavy atom. The summed E-state index contributed by atoms with van der Waals surface area (Å²) in [6.45, 7) is 4.29. The average Bonchev–Trinajstić information content (AvgIpc) is 2.73. The Morgan fingerprint density at radius 2 is 2.25 bits per heavy atom. The van der Waals surface area contributed by atoms with Crippen LogP contribution < -0.4 is 5.32 Å². The van der Waals surface area contributed by atoms with Crippen LogP contribution in [0.3, 0.4) is 0 Å². The first-order valence-corrected chi connectivity index (χ1v) is 6.40. The maximum absolute atomic E-state index is 5.26. The minimum absolute atomic E-state index is 0.339. The molecule has 1 atom stereocenters. The molecule has 0 radical (unpaired) electrons. The lowest BCUT2D eigenvalue weighted by molar-refractivity contribution is 0.532. The number of nitrogens with one attached hydrogen (secondary N) is 1. The Bertz CT molecular complexity index is 351. The summed E-state index contributed by atoms with van der Waals surface area (Å²) in [5, 5.41) is 7.52. The molecular weight excluding hydrogens is 218 g/mol. The van der Waals surface area contributed by atoms with Crippen LogP contribution in [0, 0.1) is 12.3 Å². The van der Waals surface area contributed by atoms with Gasteiger partial charge in [0.2, 0.25) is 0 Å². The smallest absolute Gasteiger partial charge is 0.0829 e. The zero-order chi connectivity index (χ0) is 12.0. The maximum Gasteiger partial charge on any atom is 0.0829 e. The second-order valence-electron chi connectivity index (χ2n) is 4.11. The lowest BCUT2D eigenvalue weighted by Crippen LogP contribution is -2.17. The minimum Gasteiger partial charge on any atom is -0.312 e. The van der Waals surface area contributed by atoms with Gasteiger partial charge in [-0.1, -0.05) is 18.3 Å². The van der Waals surface area contributed by atoms with Gasteiger partial charge in [0.05, 0.1) is 10.6 Å². The third-order valence-electron chi connectivity index (χ3n) is 2.57. The molecule has 88 valence electrons. The van der Waals surface area contributed by atoms with Crippen molar-refractivity contribution in [1.82, 2.24) is 14.9 Å². The molecule has 0 fully saturated rings. The summed E-state index contributed by atoms with van der Waals surface area (Å²) in [6.07, 6.45) is 8.18. The van der Waals surface area contributed by atoms with Gasteiger partial charge in [-0.25, -0.2) is 0 Å². The molecule has 0 aliphatic carbocycles. The second kappa shape index (κ2) is 6.62. The molecule has 1 rings (SSSR count). The fraction of sp³-hybridized carbons (Fsp3) is 0.667. The van der Waals surface area contributed by atoms with E-state index in [-0.39, 0.29) is 0 Å². The van der Waals surface area contributed by atoms with Crippen LogP contribution in [-0.2, 0) is 0 Å². The topological polar surface area (TPSA) is 37.8 Å². The number of unbranched alkanes of at least 4 members (excludes halogenated alkanes) is 1. The number of terminal acetylenes is 1. The summed E-state index contributed by atoms with van der Waals surface area (Å²) in [7, 11) is 1.98. The van der Waals surface area contributed by atoms with E-state index in [0.29, 0.717) is 12.0 Å². The molecule has 0 aliphatic heterocycles. The third kappa shape index (κ3) is 3.29. The lowest BCUT2D eigenvalue weighted by Gasteiger charge is -2.15. The van der Waals surface area contributed by atoms with Gasteiger partial charge in [-0.2, -0.15) is 0 Å². The summed E-state index contributed by atoms with van der Waals surface area (Å²) in [5.74, 6) is 3.10. The zero-order valence-electron chi connectivity index (χ0n) is 10.2. The minimum atomic E-state index is 0.339. The molecule has 0 aliphatic rings.